The number of ketones is 2. The smallest absolute Gasteiger partial charge is 0.182 e. The highest BCUT2D eigenvalue weighted by molar-refractivity contribution is 6.08. The highest BCUT2D eigenvalue weighted by Gasteiger charge is 2.40. The van der Waals surface area contributed by atoms with Crippen LogP contribution in [0.25, 0.3) is 0 Å². The molecule has 88 valence electrons. The molecule has 0 saturated heterocycles. The van der Waals surface area contributed by atoms with E-state index in [2.05, 4.69) is 0 Å². The van der Waals surface area contributed by atoms with E-state index in [-0.39, 0.29) is 12.3 Å². The zero-order chi connectivity index (χ0) is 12.2. The van der Waals surface area contributed by atoms with Crippen LogP contribution in [-0.2, 0) is 9.59 Å². The summed E-state index contributed by atoms with van der Waals surface area (Å²) in [7, 11) is 0. The van der Waals surface area contributed by atoms with Gasteiger partial charge in [0.2, 0.25) is 0 Å². The van der Waals surface area contributed by atoms with Crippen LogP contribution in [0.1, 0.15) is 40.5 Å². The zero-order valence-corrected chi connectivity index (χ0v) is 9.78. The Labute approximate surface area is 90.3 Å². The summed E-state index contributed by atoms with van der Waals surface area (Å²) in [6.07, 6.45) is -0.326. The van der Waals surface area contributed by atoms with Gasteiger partial charge in [-0.1, -0.05) is 20.3 Å². The second-order valence-corrected chi connectivity index (χ2v) is 4.13. The van der Waals surface area contributed by atoms with Crippen LogP contribution in [0.15, 0.2) is 0 Å². The van der Waals surface area contributed by atoms with Gasteiger partial charge in [0.15, 0.2) is 17.2 Å². The van der Waals surface area contributed by atoms with E-state index in [9.17, 15) is 19.8 Å². The first-order valence-electron chi connectivity index (χ1n) is 5.18. The Morgan fingerprint density at radius 2 is 1.67 bits per heavy atom. The van der Waals surface area contributed by atoms with Gasteiger partial charge >= 0.3 is 0 Å². The van der Waals surface area contributed by atoms with Crippen molar-refractivity contribution in [2.45, 2.75) is 52.2 Å². The normalized spacial score (nSPS) is 15.9. The van der Waals surface area contributed by atoms with Gasteiger partial charge in [0.05, 0.1) is 6.10 Å². The monoisotopic (exact) mass is 216 g/mol. The standard InChI is InChI=1S/C11H20O4/c1-5-7(2)10(14)6-11(15,8(3)12)9(4)13/h7,10,14-15H,5-6H2,1-4H3. The van der Waals surface area contributed by atoms with Crippen LogP contribution in [0.5, 0.6) is 0 Å². The van der Waals surface area contributed by atoms with Gasteiger partial charge in [0.1, 0.15) is 0 Å². The first kappa shape index (κ1) is 14.3. The van der Waals surface area contributed by atoms with Crippen molar-refractivity contribution in [2.75, 3.05) is 0 Å². The molecule has 0 aromatic rings. The summed E-state index contributed by atoms with van der Waals surface area (Å²) in [6, 6.07) is 0. The number of aliphatic hydroxyl groups is 2. The number of hydrogen-bond donors (Lipinski definition) is 2. The number of Topliss-reactive ketones (excluding diaryl/α,β-unsaturated/α-hetero) is 2. The van der Waals surface area contributed by atoms with Crippen LogP contribution in [0, 0.1) is 5.92 Å². The molecular weight excluding hydrogens is 196 g/mol. The summed E-state index contributed by atoms with van der Waals surface area (Å²) in [5.41, 5.74) is -2.02. The minimum atomic E-state index is -2.02. The number of aliphatic hydroxyl groups excluding tert-OH is 1. The molecule has 0 fully saturated rings. The molecular formula is C11H20O4. The predicted octanol–water partition coefficient (Wildman–Crippen LogP) is 0.693. The largest absolute Gasteiger partial charge is 0.393 e. The average Bonchev–Trinajstić information content (AvgIpc) is 2.15. The lowest BCUT2D eigenvalue weighted by Crippen LogP contribution is -2.47. The maximum absolute atomic E-state index is 11.2. The second-order valence-electron chi connectivity index (χ2n) is 4.13. The lowest BCUT2D eigenvalue weighted by molar-refractivity contribution is -0.152. The van der Waals surface area contributed by atoms with E-state index in [4.69, 9.17) is 0 Å². The van der Waals surface area contributed by atoms with Crippen molar-refractivity contribution in [3.8, 4) is 0 Å². The summed E-state index contributed by atoms with van der Waals surface area (Å²) in [5.74, 6) is -1.27. The molecule has 15 heavy (non-hydrogen) atoms. The number of rotatable bonds is 6. The Hall–Kier alpha value is -0.740. The van der Waals surface area contributed by atoms with E-state index in [0.717, 1.165) is 20.3 Å². The fraction of sp³-hybridized carbons (Fsp3) is 0.818. The molecule has 0 spiro atoms. The molecule has 2 N–H and O–H groups in total. The molecule has 0 aliphatic rings. The summed E-state index contributed by atoms with van der Waals surface area (Å²) >= 11 is 0. The fourth-order valence-corrected chi connectivity index (χ4v) is 1.31. The molecule has 0 bridgehead atoms. The minimum Gasteiger partial charge on any atom is -0.393 e. The zero-order valence-electron chi connectivity index (χ0n) is 9.78. The molecule has 0 aliphatic carbocycles. The SMILES string of the molecule is CCC(C)C(O)CC(O)(C(C)=O)C(C)=O. The quantitative estimate of drug-likeness (QED) is 0.641. The average molecular weight is 216 g/mol. The van der Waals surface area contributed by atoms with Crippen molar-refractivity contribution < 1.29 is 19.8 Å². The van der Waals surface area contributed by atoms with Crippen LogP contribution < -0.4 is 0 Å². The maximum Gasteiger partial charge on any atom is 0.182 e. The van der Waals surface area contributed by atoms with Crippen molar-refractivity contribution in [1.29, 1.82) is 0 Å². The highest BCUT2D eigenvalue weighted by atomic mass is 16.3. The van der Waals surface area contributed by atoms with E-state index in [1.54, 1.807) is 0 Å². The molecule has 2 unspecified atom stereocenters. The topological polar surface area (TPSA) is 74.6 Å². The predicted molar refractivity (Wildman–Crippen MR) is 56.4 cm³/mol. The molecule has 0 amide bonds. The summed E-state index contributed by atoms with van der Waals surface area (Å²) < 4.78 is 0. The van der Waals surface area contributed by atoms with Crippen molar-refractivity contribution in [3.63, 3.8) is 0 Å². The summed E-state index contributed by atoms with van der Waals surface area (Å²) in [4.78, 5) is 22.3. The van der Waals surface area contributed by atoms with Gasteiger partial charge in [-0.2, -0.15) is 0 Å². The number of carbonyl (C=O) groups excluding carboxylic acids is 2. The van der Waals surface area contributed by atoms with Crippen LogP contribution in [0.4, 0.5) is 0 Å². The summed E-state index contributed by atoms with van der Waals surface area (Å²) in [6.45, 7) is 6.02. The first-order valence-corrected chi connectivity index (χ1v) is 5.18. The van der Waals surface area contributed by atoms with Gasteiger partial charge in [0.25, 0.3) is 0 Å². The van der Waals surface area contributed by atoms with E-state index in [0.29, 0.717) is 0 Å². The van der Waals surface area contributed by atoms with Crippen LogP contribution in [0.3, 0.4) is 0 Å². The van der Waals surface area contributed by atoms with Gasteiger partial charge in [-0.3, -0.25) is 9.59 Å². The molecule has 0 rings (SSSR count). The molecule has 4 heteroatoms. The van der Waals surface area contributed by atoms with E-state index in [1.807, 2.05) is 13.8 Å². The van der Waals surface area contributed by atoms with Gasteiger partial charge in [-0.15, -0.1) is 0 Å². The van der Waals surface area contributed by atoms with Crippen LogP contribution in [-0.4, -0.2) is 33.5 Å². The Morgan fingerprint density at radius 3 is 1.93 bits per heavy atom. The fourth-order valence-electron chi connectivity index (χ4n) is 1.31. The van der Waals surface area contributed by atoms with Crippen molar-refractivity contribution in [3.05, 3.63) is 0 Å². The van der Waals surface area contributed by atoms with Gasteiger partial charge in [-0.25, -0.2) is 0 Å². The van der Waals surface area contributed by atoms with E-state index < -0.39 is 23.3 Å². The molecule has 0 heterocycles. The third-order valence-electron chi connectivity index (χ3n) is 2.97. The van der Waals surface area contributed by atoms with Crippen LogP contribution >= 0.6 is 0 Å². The molecule has 0 saturated carbocycles. The third kappa shape index (κ3) is 3.39. The Kier molecular flexibility index (Phi) is 5.11. The van der Waals surface area contributed by atoms with Gasteiger partial charge in [-0.05, 0) is 19.8 Å². The summed E-state index contributed by atoms with van der Waals surface area (Å²) in [5, 5.41) is 19.5. The number of hydrogen-bond acceptors (Lipinski definition) is 4. The van der Waals surface area contributed by atoms with Crippen molar-refractivity contribution >= 4 is 11.6 Å². The highest BCUT2D eigenvalue weighted by Crippen LogP contribution is 2.21. The van der Waals surface area contributed by atoms with E-state index >= 15 is 0 Å². The van der Waals surface area contributed by atoms with Crippen LogP contribution in [0.2, 0.25) is 0 Å². The molecule has 2 atom stereocenters. The van der Waals surface area contributed by atoms with Gasteiger partial charge in [0, 0.05) is 6.42 Å². The minimum absolute atomic E-state index is 0.0461. The van der Waals surface area contributed by atoms with Gasteiger partial charge < -0.3 is 10.2 Å². The molecule has 4 nitrogen and oxygen atoms in total. The Morgan fingerprint density at radius 1 is 1.27 bits per heavy atom. The lowest BCUT2D eigenvalue weighted by Gasteiger charge is -2.27. The third-order valence-corrected chi connectivity index (χ3v) is 2.97. The van der Waals surface area contributed by atoms with Crippen molar-refractivity contribution in [1.82, 2.24) is 0 Å². The Bertz CT molecular complexity index is 233. The van der Waals surface area contributed by atoms with Crippen molar-refractivity contribution in [2.24, 2.45) is 5.92 Å². The first-order chi connectivity index (χ1) is 6.75. The van der Waals surface area contributed by atoms with E-state index in [1.165, 1.54) is 0 Å². The second kappa shape index (κ2) is 5.37. The molecule has 0 aromatic carbocycles. The lowest BCUT2D eigenvalue weighted by atomic mass is 9.84. The molecule has 0 radical (unpaired) electrons. The molecule has 0 aromatic heterocycles. The molecule has 0 aliphatic heterocycles. The Balaban J connectivity index is 4.71. The number of carbonyl (C=O) groups is 2. The maximum atomic E-state index is 11.2.